The Morgan fingerprint density at radius 1 is 1.35 bits per heavy atom. The fraction of sp³-hybridized carbons (Fsp3) is 0.267. The zero-order valence-electron chi connectivity index (χ0n) is 12.5. The number of pyridine rings is 1. The number of primary amides is 1. The van der Waals surface area contributed by atoms with E-state index < -0.39 is 5.91 Å². The van der Waals surface area contributed by atoms with Gasteiger partial charge in [-0.25, -0.2) is 15.0 Å². The van der Waals surface area contributed by atoms with Gasteiger partial charge in [0.2, 0.25) is 0 Å². The van der Waals surface area contributed by atoms with Gasteiger partial charge in [0.1, 0.15) is 11.6 Å². The molecule has 0 spiro atoms. The second-order valence-electron chi connectivity index (χ2n) is 5.60. The van der Waals surface area contributed by atoms with Crippen LogP contribution in [0.25, 0.3) is 11.0 Å². The molecule has 0 aromatic carbocycles. The summed E-state index contributed by atoms with van der Waals surface area (Å²) in [6.07, 6.45) is 4.92. The number of hydrogen-bond acceptors (Lipinski definition) is 6. The lowest BCUT2D eigenvalue weighted by Gasteiger charge is -2.40. The Kier molecular flexibility index (Phi) is 2.97. The topological polar surface area (TPSA) is 103 Å². The average Bonchev–Trinajstić information content (AvgIpc) is 2.95. The second-order valence-corrected chi connectivity index (χ2v) is 5.60. The first kappa shape index (κ1) is 13.6. The van der Waals surface area contributed by atoms with Gasteiger partial charge in [0.25, 0.3) is 5.91 Å². The van der Waals surface area contributed by atoms with Gasteiger partial charge in [0.15, 0.2) is 5.65 Å². The number of carbonyl (C=O) groups is 1. The summed E-state index contributed by atoms with van der Waals surface area (Å²) >= 11 is 0. The van der Waals surface area contributed by atoms with E-state index in [0.29, 0.717) is 17.0 Å². The van der Waals surface area contributed by atoms with Crippen LogP contribution in [-0.4, -0.2) is 43.7 Å². The number of anilines is 1. The van der Waals surface area contributed by atoms with Gasteiger partial charge in [-0.1, -0.05) is 0 Å². The normalized spacial score (nSPS) is 14.9. The highest BCUT2D eigenvalue weighted by Gasteiger charge is 2.31. The lowest BCUT2D eigenvalue weighted by atomic mass is 10.1. The number of rotatable bonds is 3. The van der Waals surface area contributed by atoms with Crippen molar-refractivity contribution < 1.29 is 4.79 Å². The van der Waals surface area contributed by atoms with Crippen LogP contribution < -0.4 is 10.6 Å². The average molecular weight is 309 g/mol. The van der Waals surface area contributed by atoms with Crippen LogP contribution in [-0.2, 0) is 0 Å². The Balaban J connectivity index is 1.59. The third kappa shape index (κ3) is 2.28. The smallest absolute Gasteiger partial charge is 0.251 e. The molecule has 4 rings (SSSR count). The monoisotopic (exact) mass is 309 g/mol. The fourth-order valence-corrected chi connectivity index (χ4v) is 2.75. The first-order chi connectivity index (χ1) is 11.1. The maximum Gasteiger partial charge on any atom is 0.251 e. The van der Waals surface area contributed by atoms with Crippen molar-refractivity contribution in [3.05, 3.63) is 42.1 Å². The van der Waals surface area contributed by atoms with E-state index in [2.05, 4.69) is 25.0 Å². The second kappa shape index (κ2) is 5.01. The Labute approximate surface area is 132 Å². The molecule has 0 unspecified atom stereocenters. The molecule has 1 saturated heterocycles. The molecule has 8 nitrogen and oxygen atoms in total. The van der Waals surface area contributed by atoms with E-state index in [4.69, 9.17) is 5.73 Å². The van der Waals surface area contributed by atoms with Gasteiger partial charge in [-0.05, 0) is 19.1 Å². The largest absolute Gasteiger partial charge is 0.366 e. The minimum Gasteiger partial charge on any atom is -0.366 e. The van der Waals surface area contributed by atoms with Crippen molar-refractivity contribution in [3.63, 3.8) is 0 Å². The summed E-state index contributed by atoms with van der Waals surface area (Å²) < 4.78 is 1.78. The molecule has 3 aromatic rings. The molecule has 0 bridgehead atoms. The molecule has 8 heteroatoms. The summed E-state index contributed by atoms with van der Waals surface area (Å²) in [5.74, 6) is 1.12. The van der Waals surface area contributed by atoms with E-state index in [0.717, 1.165) is 24.3 Å². The van der Waals surface area contributed by atoms with Gasteiger partial charge in [-0.3, -0.25) is 9.48 Å². The first-order valence-electron chi connectivity index (χ1n) is 7.30. The molecule has 3 aromatic heterocycles. The van der Waals surface area contributed by atoms with E-state index in [1.807, 2.05) is 19.1 Å². The highest BCUT2D eigenvalue weighted by molar-refractivity contribution is 5.92. The van der Waals surface area contributed by atoms with Gasteiger partial charge in [-0.15, -0.1) is 0 Å². The zero-order chi connectivity index (χ0) is 16.0. The molecule has 2 N–H and O–H groups in total. The van der Waals surface area contributed by atoms with Crippen molar-refractivity contribution in [2.75, 3.05) is 18.0 Å². The standard InChI is InChI=1S/C15H15N7O/c1-9-19-14-12(3-2-4-17-14)15(20-9)21-7-11(8-21)22-6-10(5-18-22)13(16)23/h2-6,11H,7-8H2,1H3,(H2,16,23). The van der Waals surface area contributed by atoms with E-state index in [1.54, 1.807) is 17.1 Å². The number of nitrogens with two attached hydrogens (primary N) is 1. The molecule has 4 heterocycles. The van der Waals surface area contributed by atoms with Crippen LogP contribution >= 0.6 is 0 Å². The first-order valence-corrected chi connectivity index (χ1v) is 7.30. The summed E-state index contributed by atoms with van der Waals surface area (Å²) in [7, 11) is 0. The predicted octanol–water partition coefficient (Wildman–Crippen LogP) is 0.690. The van der Waals surface area contributed by atoms with Crippen LogP contribution in [0.2, 0.25) is 0 Å². The van der Waals surface area contributed by atoms with Gasteiger partial charge in [0.05, 0.1) is 23.2 Å². The van der Waals surface area contributed by atoms with E-state index in [-0.39, 0.29) is 6.04 Å². The van der Waals surface area contributed by atoms with Crippen molar-refractivity contribution in [1.29, 1.82) is 0 Å². The number of aryl methyl sites for hydroxylation is 1. The van der Waals surface area contributed by atoms with Gasteiger partial charge >= 0.3 is 0 Å². The van der Waals surface area contributed by atoms with Crippen LogP contribution in [0.3, 0.4) is 0 Å². The zero-order valence-corrected chi connectivity index (χ0v) is 12.5. The summed E-state index contributed by atoms with van der Waals surface area (Å²) in [4.78, 5) is 26.5. The quantitative estimate of drug-likeness (QED) is 0.763. The molecule has 1 amide bonds. The molecule has 0 saturated carbocycles. The van der Waals surface area contributed by atoms with Crippen LogP contribution in [0.5, 0.6) is 0 Å². The maximum atomic E-state index is 11.1. The molecule has 0 radical (unpaired) electrons. The molecule has 1 fully saturated rings. The molecular weight excluding hydrogens is 294 g/mol. The number of amides is 1. The van der Waals surface area contributed by atoms with Crippen molar-refractivity contribution in [2.45, 2.75) is 13.0 Å². The lowest BCUT2D eigenvalue weighted by Crippen LogP contribution is -2.48. The summed E-state index contributed by atoms with van der Waals surface area (Å²) in [6, 6.07) is 4.06. The van der Waals surface area contributed by atoms with Gasteiger partial charge in [-0.2, -0.15) is 5.10 Å². The predicted molar refractivity (Wildman–Crippen MR) is 84.1 cm³/mol. The summed E-state index contributed by atoms with van der Waals surface area (Å²) in [6.45, 7) is 3.39. The third-order valence-corrected chi connectivity index (χ3v) is 3.98. The number of aromatic nitrogens is 5. The Bertz CT molecular complexity index is 898. The fourth-order valence-electron chi connectivity index (χ4n) is 2.75. The van der Waals surface area contributed by atoms with Crippen molar-refractivity contribution in [1.82, 2.24) is 24.7 Å². The van der Waals surface area contributed by atoms with Crippen LogP contribution in [0.4, 0.5) is 5.82 Å². The molecular formula is C15H15N7O. The van der Waals surface area contributed by atoms with Gasteiger partial charge in [0, 0.05) is 25.5 Å². The Morgan fingerprint density at radius 3 is 2.91 bits per heavy atom. The summed E-state index contributed by atoms with van der Waals surface area (Å²) in [5, 5.41) is 5.15. The molecule has 1 aliphatic rings. The number of nitrogens with zero attached hydrogens (tertiary/aromatic N) is 6. The van der Waals surface area contributed by atoms with E-state index in [9.17, 15) is 4.79 Å². The number of fused-ring (bicyclic) bond motifs is 1. The van der Waals surface area contributed by atoms with Crippen molar-refractivity contribution in [3.8, 4) is 0 Å². The third-order valence-electron chi connectivity index (χ3n) is 3.98. The van der Waals surface area contributed by atoms with Crippen LogP contribution in [0.1, 0.15) is 22.2 Å². The highest BCUT2D eigenvalue weighted by atomic mass is 16.1. The molecule has 0 aliphatic carbocycles. The Morgan fingerprint density at radius 2 is 2.17 bits per heavy atom. The minimum absolute atomic E-state index is 0.199. The van der Waals surface area contributed by atoms with E-state index in [1.165, 1.54) is 6.20 Å². The van der Waals surface area contributed by atoms with Crippen molar-refractivity contribution in [2.24, 2.45) is 5.73 Å². The highest BCUT2D eigenvalue weighted by Crippen LogP contribution is 2.30. The lowest BCUT2D eigenvalue weighted by molar-refractivity contribution is 0.1000. The van der Waals surface area contributed by atoms with Crippen molar-refractivity contribution >= 4 is 22.8 Å². The maximum absolute atomic E-state index is 11.1. The minimum atomic E-state index is -0.462. The molecule has 116 valence electrons. The molecule has 0 atom stereocenters. The van der Waals surface area contributed by atoms with Crippen LogP contribution in [0, 0.1) is 6.92 Å². The van der Waals surface area contributed by atoms with E-state index >= 15 is 0 Å². The van der Waals surface area contributed by atoms with Gasteiger partial charge < -0.3 is 10.6 Å². The number of hydrogen-bond donors (Lipinski definition) is 1. The summed E-state index contributed by atoms with van der Waals surface area (Å²) in [5.41, 5.74) is 6.39. The van der Waals surface area contributed by atoms with Crippen LogP contribution in [0.15, 0.2) is 30.7 Å². The molecule has 23 heavy (non-hydrogen) atoms. The Hall–Kier alpha value is -3.03. The number of carbonyl (C=O) groups excluding carboxylic acids is 1. The SMILES string of the molecule is Cc1nc(N2CC(n3cc(C(N)=O)cn3)C2)c2cccnc2n1. The molecule has 1 aliphatic heterocycles.